The highest BCUT2D eigenvalue weighted by atomic mass is 16.6. The van der Waals surface area contributed by atoms with Crippen LogP contribution in [-0.2, 0) is 16.1 Å². The molecule has 3 rings (SSSR count). The summed E-state index contributed by atoms with van der Waals surface area (Å²) in [5.74, 6) is 0.628. The highest BCUT2D eigenvalue weighted by molar-refractivity contribution is 5.93. The van der Waals surface area contributed by atoms with Gasteiger partial charge in [0.15, 0.2) is 18.1 Å². The number of fused-ring (bicyclic) bond motifs is 1. The van der Waals surface area contributed by atoms with Gasteiger partial charge in [-0.3, -0.25) is 4.79 Å². The number of likely N-dealkylation sites (N-methyl/N-ethyl adjacent to an activating group) is 1. The first-order chi connectivity index (χ1) is 13.0. The third-order valence-electron chi connectivity index (χ3n) is 4.60. The number of carbonyl (C=O) groups excluding carboxylic acids is 2. The van der Waals surface area contributed by atoms with Crippen molar-refractivity contribution in [1.29, 1.82) is 0 Å². The van der Waals surface area contributed by atoms with Gasteiger partial charge in [0.1, 0.15) is 13.2 Å². The fraction of sp³-hybridized carbons (Fsp3) is 0.333. The van der Waals surface area contributed by atoms with Crippen LogP contribution >= 0.6 is 0 Å². The second kappa shape index (κ2) is 8.12. The maximum Gasteiger partial charge on any atom is 0.338 e. The molecule has 0 spiro atoms. The van der Waals surface area contributed by atoms with E-state index in [9.17, 15) is 9.59 Å². The normalized spacial score (nSPS) is 12.4. The maximum atomic E-state index is 12.3. The smallest absolute Gasteiger partial charge is 0.338 e. The minimum absolute atomic E-state index is 0.274. The van der Waals surface area contributed by atoms with Crippen molar-refractivity contribution >= 4 is 11.9 Å². The molecule has 0 aromatic heterocycles. The first kappa shape index (κ1) is 18.8. The van der Waals surface area contributed by atoms with E-state index in [4.69, 9.17) is 14.2 Å². The predicted octanol–water partition coefficient (Wildman–Crippen LogP) is 2.89. The van der Waals surface area contributed by atoms with Crippen LogP contribution in [0.4, 0.5) is 0 Å². The number of nitrogens with zero attached hydrogens (tertiary/aromatic N) is 1. The Morgan fingerprint density at radius 3 is 2.59 bits per heavy atom. The zero-order valence-electron chi connectivity index (χ0n) is 15.8. The molecule has 0 aliphatic carbocycles. The average Bonchev–Trinajstić information content (AvgIpc) is 2.67. The summed E-state index contributed by atoms with van der Waals surface area (Å²) >= 11 is 0. The molecule has 0 unspecified atom stereocenters. The first-order valence-electron chi connectivity index (χ1n) is 8.81. The average molecular weight is 369 g/mol. The van der Waals surface area contributed by atoms with Gasteiger partial charge in [-0.1, -0.05) is 18.2 Å². The molecule has 2 aromatic carbocycles. The summed E-state index contributed by atoms with van der Waals surface area (Å²) in [6.07, 6.45) is 0. The van der Waals surface area contributed by atoms with Gasteiger partial charge in [0.05, 0.1) is 5.56 Å². The van der Waals surface area contributed by atoms with Gasteiger partial charge < -0.3 is 19.1 Å². The van der Waals surface area contributed by atoms with Crippen molar-refractivity contribution < 1.29 is 23.8 Å². The molecule has 0 fully saturated rings. The van der Waals surface area contributed by atoms with E-state index in [1.165, 1.54) is 4.90 Å². The molecular formula is C21H23NO5. The summed E-state index contributed by atoms with van der Waals surface area (Å²) in [5, 5.41) is 0. The van der Waals surface area contributed by atoms with Gasteiger partial charge in [-0.15, -0.1) is 0 Å². The molecule has 142 valence electrons. The number of amides is 1. The first-order valence-corrected chi connectivity index (χ1v) is 8.81. The van der Waals surface area contributed by atoms with Crippen molar-refractivity contribution in [2.24, 2.45) is 0 Å². The highest BCUT2D eigenvalue weighted by Crippen LogP contribution is 2.31. The molecule has 1 heterocycles. The monoisotopic (exact) mass is 369 g/mol. The van der Waals surface area contributed by atoms with Gasteiger partial charge in [-0.2, -0.15) is 0 Å². The summed E-state index contributed by atoms with van der Waals surface area (Å²) in [7, 11) is 1.67. The third-order valence-corrected chi connectivity index (χ3v) is 4.60. The number of aryl methyl sites for hydroxylation is 1. The third kappa shape index (κ3) is 4.39. The van der Waals surface area contributed by atoms with Crippen LogP contribution in [0, 0.1) is 13.8 Å². The van der Waals surface area contributed by atoms with Gasteiger partial charge in [0.2, 0.25) is 0 Å². The zero-order valence-corrected chi connectivity index (χ0v) is 15.8. The summed E-state index contributed by atoms with van der Waals surface area (Å²) in [6, 6.07) is 11.0. The van der Waals surface area contributed by atoms with Crippen LogP contribution in [-0.4, -0.2) is 43.6 Å². The lowest BCUT2D eigenvalue weighted by Gasteiger charge is -2.21. The molecule has 1 aliphatic rings. The SMILES string of the molecule is Cc1cccc(C(=O)OCC(=O)N(C)Cc2ccc3c(c2)OCCO3)c1C. The van der Waals surface area contributed by atoms with Crippen molar-refractivity contribution in [2.75, 3.05) is 26.9 Å². The molecule has 6 nitrogen and oxygen atoms in total. The Morgan fingerprint density at radius 1 is 1.07 bits per heavy atom. The number of carbonyl (C=O) groups is 2. The van der Waals surface area contributed by atoms with Crippen molar-refractivity contribution in [1.82, 2.24) is 4.90 Å². The van der Waals surface area contributed by atoms with Crippen molar-refractivity contribution in [3.05, 3.63) is 58.7 Å². The minimum Gasteiger partial charge on any atom is -0.486 e. The second-order valence-electron chi connectivity index (χ2n) is 6.55. The van der Waals surface area contributed by atoms with Gasteiger partial charge in [-0.25, -0.2) is 4.79 Å². The number of hydrogen-bond donors (Lipinski definition) is 0. The number of rotatable bonds is 5. The lowest BCUT2D eigenvalue weighted by Crippen LogP contribution is -2.31. The largest absolute Gasteiger partial charge is 0.486 e. The van der Waals surface area contributed by atoms with Crippen molar-refractivity contribution in [3.63, 3.8) is 0 Å². The van der Waals surface area contributed by atoms with Gasteiger partial charge in [-0.05, 0) is 48.7 Å². The molecule has 1 amide bonds. The van der Waals surface area contributed by atoms with E-state index in [-0.39, 0.29) is 12.5 Å². The Morgan fingerprint density at radius 2 is 1.81 bits per heavy atom. The molecule has 0 radical (unpaired) electrons. The Kier molecular flexibility index (Phi) is 5.64. The molecule has 1 aliphatic heterocycles. The molecule has 0 saturated carbocycles. The summed E-state index contributed by atoms with van der Waals surface area (Å²) in [5.41, 5.74) is 3.26. The highest BCUT2D eigenvalue weighted by Gasteiger charge is 2.17. The van der Waals surface area contributed by atoms with Gasteiger partial charge >= 0.3 is 5.97 Å². The van der Waals surface area contributed by atoms with E-state index in [2.05, 4.69) is 0 Å². The van der Waals surface area contributed by atoms with Crippen LogP contribution in [0.25, 0.3) is 0 Å². The predicted molar refractivity (Wildman–Crippen MR) is 100 cm³/mol. The van der Waals surface area contributed by atoms with E-state index in [0.717, 1.165) is 16.7 Å². The lowest BCUT2D eigenvalue weighted by atomic mass is 10.0. The van der Waals surface area contributed by atoms with Crippen LogP contribution in [0.5, 0.6) is 11.5 Å². The molecule has 0 N–H and O–H groups in total. The van der Waals surface area contributed by atoms with E-state index in [1.807, 2.05) is 38.1 Å². The Hall–Kier alpha value is -3.02. The summed E-state index contributed by atoms with van der Waals surface area (Å²) < 4.78 is 16.3. The molecule has 2 aromatic rings. The summed E-state index contributed by atoms with van der Waals surface area (Å²) in [6.45, 7) is 4.93. The van der Waals surface area contributed by atoms with Crippen molar-refractivity contribution in [2.45, 2.75) is 20.4 Å². The molecule has 6 heteroatoms. The minimum atomic E-state index is -0.489. The quantitative estimate of drug-likeness (QED) is 0.759. The fourth-order valence-corrected chi connectivity index (χ4v) is 2.84. The van der Waals surface area contributed by atoms with Crippen LogP contribution in [0.2, 0.25) is 0 Å². The molecule has 0 bridgehead atoms. The second-order valence-corrected chi connectivity index (χ2v) is 6.55. The number of ether oxygens (including phenoxy) is 3. The van der Waals surface area contributed by atoms with Crippen LogP contribution in [0.1, 0.15) is 27.0 Å². The lowest BCUT2D eigenvalue weighted by molar-refractivity contribution is -0.133. The topological polar surface area (TPSA) is 65.1 Å². The van der Waals surface area contributed by atoms with Crippen LogP contribution < -0.4 is 9.47 Å². The van der Waals surface area contributed by atoms with Crippen LogP contribution in [0.3, 0.4) is 0 Å². The molecule has 27 heavy (non-hydrogen) atoms. The van der Waals surface area contributed by atoms with E-state index in [1.54, 1.807) is 19.2 Å². The Labute approximate surface area is 158 Å². The van der Waals surface area contributed by atoms with Gasteiger partial charge in [0.25, 0.3) is 5.91 Å². The van der Waals surface area contributed by atoms with Crippen molar-refractivity contribution in [3.8, 4) is 11.5 Å². The molecular weight excluding hydrogens is 346 g/mol. The van der Waals surface area contributed by atoms with E-state index >= 15 is 0 Å². The van der Waals surface area contributed by atoms with Crippen LogP contribution in [0.15, 0.2) is 36.4 Å². The molecule has 0 atom stereocenters. The Balaban J connectivity index is 1.56. The van der Waals surface area contributed by atoms with E-state index < -0.39 is 5.97 Å². The Bertz CT molecular complexity index is 862. The zero-order chi connectivity index (χ0) is 19.4. The number of esters is 1. The van der Waals surface area contributed by atoms with Gasteiger partial charge in [0, 0.05) is 13.6 Å². The standard InChI is InChI=1S/C21H23NO5/c1-14-5-4-6-17(15(14)2)21(24)27-13-20(23)22(3)12-16-7-8-18-19(11-16)26-10-9-25-18/h4-8,11H,9-10,12-13H2,1-3H3. The fourth-order valence-electron chi connectivity index (χ4n) is 2.84. The summed E-state index contributed by atoms with van der Waals surface area (Å²) in [4.78, 5) is 26.1. The number of hydrogen-bond acceptors (Lipinski definition) is 5. The van der Waals surface area contributed by atoms with E-state index in [0.29, 0.717) is 36.8 Å². The number of benzene rings is 2. The maximum absolute atomic E-state index is 12.3. The molecule has 0 saturated heterocycles.